The van der Waals surface area contributed by atoms with E-state index in [2.05, 4.69) is 15.7 Å². The van der Waals surface area contributed by atoms with Gasteiger partial charge in [-0.3, -0.25) is 19.6 Å². The van der Waals surface area contributed by atoms with Crippen LogP contribution in [-0.2, 0) is 16.6 Å². The number of ether oxygens (including phenoxy) is 1. The maximum Gasteiger partial charge on any atom is 0.411 e. The van der Waals surface area contributed by atoms with Gasteiger partial charge in [0.15, 0.2) is 5.69 Å². The van der Waals surface area contributed by atoms with Crippen molar-refractivity contribution in [1.29, 1.82) is 0 Å². The Hall–Kier alpha value is -4.14. The maximum atomic E-state index is 12.5. The number of hydrogen-bond donors (Lipinski definition) is 3. The van der Waals surface area contributed by atoms with Gasteiger partial charge in [-0.15, -0.1) is 0 Å². The SMILES string of the molecule is C[C@H](NC(=O)c1nn(C)cc1NC(=O)OCC1c2ccccc2-c2ccccc21)C(=O)O. The van der Waals surface area contributed by atoms with Crippen LogP contribution >= 0.6 is 0 Å². The fraction of sp³-hybridized carbons (Fsp3) is 0.217. The summed E-state index contributed by atoms with van der Waals surface area (Å²) in [5.41, 5.74) is 4.44. The fourth-order valence-corrected chi connectivity index (χ4v) is 3.82. The summed E-state index contributed by atoms with van der Waals surface area (Å²) in [6.45, 7) is 1.46. The number of carboxylic acid groups (broad SMARTS) is 1. The number of carboxylic acids is 1. The molecule has 0 unspecified atom stereocenters. The van der Waals surface area contributed by atoms with Gasteiger partial charge in [-0.2, -0.15) is 5.10 Å². The lowest BCUT2D eigenvalue weighted by Gasteiger charge is -2.14. The van der Waals surface area contributed by atoms with Gasteiger partial charge in [-0.05, 0) is 29.2 Å². The summed E-state index contributed by atoms with van der Waals surface area (Å²) >= 11 is 0. The molecule has 0 radical (unpaired) electrons. The monoisotopic (exact) mass is 434 g/mol. The number of rotatable bonds is 6. The van der Waals surface area contributed by atoms with E-state index in [4.69, 9.17) is 9.84 Å². The quantitative estimate of drug-likeness (QED) is 0.548. The molecule has 0 saturated heterocycles. The van der Waals surface area contributed by atoms with E-state index >= 15 is 0 Å². The molecule has 0 aliphatic heterocycles. The Balaban J connectivity index is 1.46. The van der Waals surface area contributed by atoms with E-state index in [9.17, 15) is 14.4 Å². The summed E-state index contributed by atoms with van der Waals surface area (Å²) in [7, 11) is 1.58. The van der Waals surface area contributed by atoms with Gasteiger partial charge >= 0.3 is 12.1 Å². The van der Waals surface area contributed by atoms with Crippen molar-refractivity contribution >= 4 is 23.7 Å². The van der Waals surface area contributed by atoms with Crippen molar-refractivity contribution < 1.29 is 24.2 Å². The number of anilines is 1. The molecular formula is C23H22N4O5. The molecule has 2 aromatic carbocycles. The average Bonchev–Trinajstić information content (AvgIpc) is 3.29. The first kappa shape index (κ1) is 21.1. The van der Waals surface area contributed by atoms with Crippen molar-refractivity contribution in [3.05, 3.63) is 71.5 Å². The Labute approximate surface area is 184 Å². The Morgan fingerprint density at radius 1 is 1.09 bits per heavy atom. The first-order chi connectivity index (χ1) is 15.3. The number of benzene rings is 2. The molecule has 1 heterocycles. The highest BCUT2D eigenvalue weighted by Gasteiger charge is 2.29. The van der Waals surface area contributed by atoms with Crippen molar-refractivity contribution in [1.82, 2.24) is 15.1 Å². The van der Waals surface area contributed by atoms with Crippen LogP contribution in [-0.4, -0.2) is 45.5 Å². The molecule has 9 nitrogen and oxygen atoms in total. The van der Waals surface area contributed by atoms with Gasteiger partial charge < -0.3 is 15.2 Å². The van der Waals surface area contributed by atoms with Crippen LogP contribution in [0.1, 0.15) is 34.5 Å². The number of amides is 2. The highest BCUT2D eigenvalue weighted by Crippen LogP contribution is 2.44. The van der Waals surface area contributed by atoms with E-state index in [1.807, 2.05) is 48.5 Å². The van der Waals surface area contributed by atoms with Crippen LogP contribution in [0.2, 0.25) is 0 Å². The smallest absolute Gasteiger partial charge is 0.411 e. The molecule has 1 atom stereocenters. The number of fused-ring (bicyclic) bond motifs is 3. The number of aliphatic carboxylic acids is 1. The van der Waals surface area contributed by atoms with E-state index in [-0.39, 0.29) is 23.9 Å². The number of aryl methyl sites for hydroxylation is 1. The average molecular weight is 434 g/mol. The van der Waals surface area contributed by atoms with E-state index in [0.29, 0.717) is 0 Å². The van der Waals surface area contributed by atoms with Crippen molar-refractivity contribution in [3.63, 3.8) is 0 Å². The number of nitrogens with zero attached hydrogens (tertiary/aromatic N) is 2. The van der Waals surface area contributed by atoms with Crippen molar-refractivity contribution in [3.8, 4) is 11.1 Å². The van der Waals surface area contributed by atoms with E-state index in [0.717, 1.165) is 22.3 Å². The lowest BCUT2D eigenvalue weighted by Crippen LogP contribution is -2.38. The number of nitrogens with one attached hydrogen (secondary N) is 2. The van der Waals surface area contributed by atoms with E-state index in [1.165, 1.54) is 17.8 Å². The predicted molar refractivity (Wildman–Crippen MR) is 116 cm³/mol. The van der Waals surface area contributed by atoms with Crippen molar-refractivity contribution in [2.45, 2.75) is 18.9 Å². The summed E-state index contributed by atoms with van der Waals surface area (Å²) in [5, 5.41) is 17.8. The second-order valence-electron chi connectivity index (χ2n) is 7.55. The number of hydrogen-bond acceptors (Lipinski definition) is 5. The number of carbonyl (C=O) groups excluding carboxylic acids is 2. The Morgan fingerprint density at radius 3 is 2.28 bits per heavy atom. The van der Waals surface area contributed by atoms with Crippen LogP contribution in [0.4, 0.5) is 10.5 Å². The van der Waals surface area contributed by atoms with Crippen LogP contribution in [0, 0.1) is 0 Å². The standard InChI is InChI=1S/C23H22N4O5/c1-13(22(29)30)24-21(28)20-19(11-27(2)26-20)25-23(31)32-12-18-16-9-5-3-7-14(16)15-8-4-6-10-17(15)18/h3-11,13,18H,12H2,1-2H3,(H,24,28)(H,25,31)(H,29,30)/t13-/m0/s1. The molecular weight excluding hydrogens is 412 g/mol. The second kappa shape index (κ2) is 8.54. The summed E-state index contributed by atoms with van der Waals surface area (Å²) in [6, 6.07) is 14.9. The molecule has 1 aliphatic rings. The fourth-order valence-electron chi connectivity index (χ4n) is 3.82. The van der Waals surface area contributed by atoms with Crippen LogP contribution in [0.5, 0.6) is 0 Å². The first-order valence-electron chi connectivity index (χ1n) is 10.0. The van der Waals surface area contributed by atoms with Crippen LogP contribution in [0.25, 0.3) is 11.1 Å². The minimum atomic E-state index is -1.18. The number of carbonyl (C=O) groups is 3. The van der Waals surface area contributed by atoms with Crippen LogP contribution in [0.15, 0.2) is 54.7 Å². The Morgan fingerprint density at radius 2 is 1.69 bits per heavy atom. The Kier molecular flexibility index (Phi) is 5.63. The molecule has 9 heteroatoms. The molecule has 0 saturated carbocycles. The molecule has 3 aromatic rings. The van der Waals surface area contributed by atoms with Gasteiger partial charge in [0.25, 0.3) is 5.91 Å². The zero-order chi connectivity index (χ0) is 22.8. The minimum absolute atomic E-state index is 0.0961. The minimum Gasteiger partial charge on any atom is -0.480 e. The first-order valence-corrected chi connectivity index (χ1v) is 10.0. The van der Waals surface area contributed by atoms with E-state index < -0.39 is 24.0 Å². The highest BCUT2D eigenvalue weighted by atomic mass is 16.5. The van der Waals surface area contributed by atoms with Gasteiger partial charge in [0.1, 0.15) is 12.6 Å². The molecule has 32 heavy (non-hydrogen) atoms. The molecule has 0 bridgehead atoms. The summed E-state index contributed by atoms with van der Waals surface area (Å²) in [5.74, 6) is -1.99. The lowest BCUT2D eigenvalue weighted by molar-refractivity contribution is -0.138. The molecule has 4 rings (SSSR count). The van der Waals surface area contributed by atoms with Gasteiger partial charge in [0.2, 0.25) is 0 Å². The zero-order valence-electron chi connectivity index (χ0n) is 17.5. The zero-order valence-corrected chi connectivity index (χ0v) is 17.5. The normalized spacial score (nSPS) is 13.1. The summed E-state index contributed by atoms with van der Waals surface area (Å²) in [6.07, 6.45) is 0.710. The van der Waals surface area contributed by atoms with E-state index in [1.54, 1.807) is 7.05 Å². The van der Waals surface area contributed by atoms with Gasteiger partial charge in [0, 0.05) is 19.2 Å². The summed E-state index contributed by atoms with van der Waals surface area (Å²) < 4.78 is 6.84. The summed E-state index contributed by atoms with van der Waals surface area (Å²) in [4.78, 5) is 35.9. The lowest BCUT2D eigenvalue weighted by atomic mass is 9.98. The largest absolute Gasteiger partial charge is 0.480 e. The third kappa shape index (κ3) is 4.04. The Bertz CT molecular complexity index is 1160. The molecule has 0 spiro atoms. The third-order valence-electron chi connectivity index (χ3n) is 5.34. The van der Waals surface area contributed by atoms with Gasteiger partial charge in [-0.1, -0.05) is 48.5 Å². The van der Waals surface area contributed by atoms with Gasteiger partial charge in [0.05, 0.1) is 5.69 Å². The molecule has 1 aromatic heterocycles. The van der Waals surface area contributed by atoms with Crippen LogP contribution in [0.3, 0.4) is 0 Å². The van der Waals surface area contributed by atoms with Crippen LogP contribution < -0.4 is 10.6 Å². The molecule has 1 aliphatic carbocycles. The second-order valence-corrected chi connectivity index (χ2v) is 7.55. The molecule has 3 N–H and O–H groups in total. The van der Waals surface area contributed by atoms with Crippen molar-refractivity contribution in [2.75, 3.05) is 11.9 Å². The number of aromatic nitrogens is 2. The molecule has 2 amide bonds. The third-order valence-corrected chi connectivity index (χ3v) is 5.34. The highest BCUT2D eigenvalue weighted by molar-refractivity contribution is 6.02. The molecule has 164 valence electrons. The topological polar surface area (TPSA) is 123 Å². The van der Waals surface area contributed by atoms with Crippen molar-refractivity contribution in [2.24, 2.45) is 7.05 Å². The predicted octanol–water partition coefficient (Wildman–Crippen LogP) is 2.98. The molecule has 0 fully saturated rings. The maximum absolute atomic E-state index is 12.5. The van der Waals surface area contributed by atoms with Gasteiger partial charge in [-0.25, -0.2) is 4.79 Å².